The van der Waals surface area contributed by atoms with Gasteiger partial charge >= 0.3 is 0 Å². The van der Waals surface area contributed by atoms with Crippen LogP contribution in [0.15, 0.2) is 42.7 Å². The first-order chi connectivity index (χ1) is 7.88. The SMILES string of the molecule is C[B]c1cnc2c(ccc3cccnc32)c1.[Y]. The van der Waals surface area contributed by atoms with Gasteiger partial charge in [0.15, 0.2) is 0 Å². The molecule has 2 radical (unpaired) electrons. The van der Waals surface area contributed by atoms with E-state index in [2.05, 4.69) is 41.5 Å². The molecule has 17 heavy (non-hydrogen) atoms. The fraction of sp³-hybridized carbons (Fsp3) is 0.0769. The second-order valence-electron chi connectivity index (χ2n) is 3.77. The summed E-state index contributed by atoms with van der Waals surface area (Å²) >= 11 is 0. The molecule has 3 aromatic rings. The van der Waals surface area contributed by atoms with Crippen LogP contribution in [0.4, 0.5) is 0 Å². The van der Waals surface area contributed by atoms with Crippen LogP contribution in [0, 0.1) is 0 Å². The Kier molecular flexibility index (Phi) is 3.90. The van der Waals surface area contributed by atoms with Crippen molar-refractivity contribution in [1.29, 1.82) is 0 Å². The second kappa shape index (κ2) is 5.24. The van der Waals surface area contributed by atoms with Gasteiger partial charge in [0.05, 0.1) is 11.0 Å². The summed E-state index contributed by atoms with van der Waals surface area (Å²) in [7, 11) is 2.05. The Morgan fingerprint density at radius 3 is 2.59 bits per heavy atom. The molecular weight excluding hydrogens is 284 g/mol. The minimum absolute atomic E-state index is 0. The van der Waals surface area contributed by atoms with Gasteiger partial charge in [0.2, 0.25) is 0 Å². The predicted octanol–water partition coefficient (Wildman–Crippen LogP) is 2.16. The third-order valence-electron chi connectivity index (χ3n) is 2.78. The van der Waals surface area contributed by atoms with Crippen LogP contribution in [0.25, 0.3) is 21.8 Å². The van der Waals surface area contributed by atoms with Crippen LogP contribution < -0.4 is 5.46 Å². The number of benzene rings is 1. The molecule has 2 aromatic heterocycles. The number of aromatic nitrogens is 2. The van der Waals surface area contributed by atoms with Gasteiger partial charge in [0, 0.05) is 55.9 Å². The van der Waals surface area contributed by atoms with E-state index in [-0.39, 0.29) is 32.7 Å². The summed E-state index contributed by atoms with van der Waals surface area (Å²) < 4.78 is 0. The number of fused-ring (bicyclic) bond motifs is 3. The van der Waals surface area contributed by atoms with E-state index >= 15 is 0 Å². The summed E-state index contributed by atoms with van der Waals surface area (Å²) in [6.07, 6.45) is 3.69. The summed E-state index contributed by atoms with van der Waals surface area (Å²) in [6, 6.07) is 10.3. The first-order valence-corrected chi connectivity index (χ1v) is 5.31. The molecule has 4 heteroatoms. The molecule has 2 heterocycles. The van der Waals surface area contributed by atoms with Crippen LogP contribution in [0.2, 0.25) is 6.82 Å². The van der Waals surface area contributed by atoms with Crippen molar-refractivity contribution < 1.29 is 32.7 Å². The van der Waals surface area contributed by atoms with E-state index in [1.807, 2.05) is 25.3 Å². The maximum atomic E-state index is 4.49. The number of hydrogen-bond acceptors (Lipinski definition) is 2. The first kappa shape index (κ1) is 12.7. The van der Waals surface area contributed by atoms with E-state index in [4.69, 9.17) is 0 Å². The Bertz CT molecular complexity index is 670. The number of nitrogens with zero attached hydrogens (tertiary/aromatic N) is 2. The normalized spacial score (nSPS) is 10.2. The zero-order valence-corrected chi connectivity index (χ0v) is 12.4. The molecule has 0 amide bonds. The molecule has 1 aromatic carbocycles. The third kappa shape index (κ3) is 2.27. The van der Waals surface area contributed by atoms with Crippen LogP contribution in [-0.2, 0) is 32.7 Å². The molecule has 0 spiro atoms. The zero-order chi connectivity index (χ0) is 11.0. The van der Waals surface area contributed by atoms with Crippen molar-refractivity contribution in [2.75, 3.05) is 0 Å². The molecule has 0 saturated carbocycles. The van der Waals surface area contributed by atoms with Crippen molar-refractivity contribution in [3.63, 3.8) is 0 Å². The molecule has 0 bridgehead atoms. The summed E-state index contributed by atoms with van der Waals surface area (Å²) in [6.45, 7) is 2.02. The molecule has 3 rings (SSSR count). The van der Waals surface area contributed by atoms with Crippen molar-refractivity contribution >= 4 is 34.5 Å². The summed E-state index contributed by atoms with van der Waals surface area (Å²) in [5.74, 6) is 0. The van der Waals surface area contributed by atoms with Crippen LogP contribution >= 0.6 is 0 Å². The Morgan fingerprint density at radius 1 is 1.00 bits per heavy atom. The molecule has 0 fully saturated rings. The minimum Gasteiger partial charge on any atom is -0.255 e. The quantitative estimate of drug-likeness (QED) is 0.508. The van der Waals surface area contributed by atoms with Gasteiger partial charge in [-0.25, -0.2) is 0 Å². The maximum Gasteiger partial charge on any atom is 0.150 e. The average Bonchev–Trinajstić information content (AvgIpc) is 2.38. The first-order valence-electron chi connectivity index (χ1n) is 5.31. The predicted molar refractivity (Wildman–Crippen MR) is 68.3 cm³/mol. The smallest absolute Gasteiger partial charge is 0.150 e. The largest absolute Gasteiger partial charge is 0.255 e. The molecule has 78 valence electrons. The molecule has 0 unspecified atom stereocenters. The molecule has 0 saturated heterocycles. The van der Waals surface area contributed by atoms with Crippen molar-refractivity contribution in [2.45, 2.75) is 6.82 Å². The topological polar surface area (TPSA) is 25.8 Å². The van der Waals surface area contributed by atoms with Crippen molar-refractivity contribution in [2.24, 2.45) is 0 Å². The van der Waals surface area contributed by atoms with Gasteiger partial charge in [-0.3, -0.25) is 9.97 Å². The van der Waals surface area contributed by atoms with Crippen molar-refractivity contribution in [1.82, 2.24) is 9.97 Å². The van der Waals surface area contributed by atoms with Gasteiger partial charge < -0.3 is 0 Å². The molecular formula is C13H10BN2Y. The van der Waals surface area contributed by atoms with Crippen LogP contribution in [-0.4, -0.2) is 17.2 Å². The Labute approximate surface area is 126 Å². The molecule has 2 nitrogen and oxygen atoms in total. The standard InChI is InChI=1S/C13H10BN2.Y/c1-14-11-7-10-5-4-9-3-2-6-15-12(9)13(10)16-8-11;/h2-8H,1H3;. The second-order valence-corrected chi connectivity index (χ2v) is 3.77. The van der Waals surface area contributed by atoms with E-state index in [1.165, 1.54) is 0 Å². The van der Waals surface area contributed by atoms with E-state index in [9.17, 15) is 0 Å². The maximum absolute atomic E-state index is 4.49. The summed E-state index contributed by atoms with van der Waals surface area (Å²) in [5.41, 5.74) is 3.09. The Balaban J connectivity index is 0.00000108. The van der Waals surface area contributed by atoms with E-state index < -0.39 is 0 Å². The average molecular weight is 294 g/mol. The van der Waals surface area contributed by atoms with Gasteiger partial charge in [-0.05, 0) is 6.07 Å². The molecule has 0 aliphatic carbocycles. The summed E-state index contributed by atoms with van der Waals surface area (Å²) in [4.78, 5) is 8.88. The number of pyridine rings is 2. The molecule has 0 atom stereocenters. The van der Waals surface area contributed by atoms with Crippen LogP contribution in [0.1, 0.15) is 0 Å². The fourth-order valence-electron chi connectivity index (χ4n) is 1.91. The summed E-state index contributed by atoms with van der Waals surface area (Å²) in [5, 5.41) is 2.28. The van der Waals surface area contributed by atoms with E-state index in [1.54, 1.807) is 0 Å². The molecule has 0 aliphatic heterocycles. The molecule has 0 N–H and O–H groups in total. The van der Waals surface area contributed by atoms with E-state index in [0.29, 0.717) is 0 Å². The van der Waals surface area contributed by atoms with E-state index in [0.717, 1.165) is 27.3 Å². The number of hydrogen-bond donors (Lipinski definition) is 0. The van der Waals surface area contributed by atoms with Crippen molar-refractivity contribution in [3.8, 4) is 0 Å². The van der Waals surface area contributed by atoms with Gasteiger partial charge in [0.1, 0.15) is 7.28 Å². The van der Waals surface area contributed by atoms with Crippen LogP contribution in [0.3, 0.4) is 0 Å². The Morgan fingerprint density at radius 2 is 1.76 bits per heavy atom. The van der Waals surface area contributed by atoms with Gasteiger partial charge in [-0.1, -0.05) is 36.6 Å². The number of rotatable bonds is 1. The van der Waals surface area contributed by atoms with Crippen LogP contribution in [0.5, 0.6) is 0 Å². The Hall–Kier alpha value is -0.791. The van der Waals surface area contributed by atoms with Gasteiger partial charge in [0.25, 0.3) is 0 Å². The van der Waals surface area contributed by atoms with Gasteiger partial charge in [-0.15, -0.1) is 0 Å². The minimum atomic E-state index is 0. The molecule has 0 aliphatic rings. The van der Waals surface area contributed by atoms with Crippen molar-refractivity contribution in [3.05, 3.63) is 42.7 Å². The monoisotopic (exact) mass is 294 g/mol. The fourth-order valence-corrected chi connectivity index (χ4v) is 1.91. The zero-order valence-electron chi connectivity index (χ0n) is 9.59. The third-order valence-corrected chi connectivity index (χ3v) is 2.78. The van der Waals surface area contributed by atoms with Gasteiger partial charge in [-0.2, -0.15) is 0 Å².